The minimum atomic E-state index is -1.27. The van der Waals surface area contributed by atoms with Gasteiger partial charge in [-0.3, -0.25) is 4.79 Å². The number of carboxylic acids is 1. The summed E-state index contributed by atoms with van der Waals surface area (Å²) in [6.07, 6.45) is -0.796. The summed E-state index contributed by atoms with van der Waals surface area (Å²) in [5.41, 5.74) is 4.76. The number of benzene rings is 3. The van der Waals surface area contributed by atoms with Crippen molar-refractivity contribution in [2.75, 3.05) is 20.3 Å². The standard InChI is InChI=1S/C27H26N2O6/c1-34-16-23(25(30)29-24(26(31)32)17-9-3-2-4-10-17)28-27(33)35-15-22-20-13-7-5-11-18(20)19-12-6-8-14-21(19)22/h2-14,22-24H,15-16H2,1H3,(H,28,33)(H,29,30)(H,31,32)/t23?,24-/m1/s1. The number of carboxylic acid groups (broad SMARTS) is 1. The van der Waals surface area contributed by atoms with E-state index >= 15 is 0 Å². The fraction of sp³-hybridized carbons (Fsp3) is 0.222. The van der Waals surface area contributed by atoms with Crippen LogP contribution in [0.4, 0.5) is 4.79 Å². The van der Waals surface area contributed by atoms with Crippen LogP contribution in [0.3, 0.4) is 0 Å². The predicted octanol–water partition coefficient (Wildman–Crippen LogP) is 3.48. The molecule has 0 aromatic heterocycles. The Morgan fingerprint density at radius 1 is 0.857 bits per heavy atom. The van der Waals surface area contributed by atoms with Gasteiger partial charge in [-0.05, 0) is 27.8 Å². The Morgan fingerprint density at radius 2 is 1.43 bits per heavy atom. The normalized spacial score (nSPS) is 13.7. The van der Waals surface area contributed by atoms with Crippen molar-refractivity contribution < 1.29 is 29.0 Å². The Balaban J connectivity index is 1.41. The monoisotopic (exact) mass is 474 g/mol. The summed E-state index contributed by atoms with van der Waals surface area (Å²) in [5, 5.41) is 14.5. The van der Waals surface area contributed by atoms with Gasteiger partial charge in [-0.2, -0.15) is 0 Å². The fourth-order valence-corrected chi connectivity index (χ4v) is 4.31. The molecule has 8 nitrogen and oxygen atoms in total. The zero-order valence-electron chi connectivity index (χ0n) is 19.1. The van der Waals surface area contributed by atoms with Crippen LogP contribution < -0.4 is 10.6 Å². The Hall–Kier alpha value is -4.17. The molecular formula is C27H26N2O6. The molecule has 0 saturated carbocycles. The minimum absolute atomic E-state index is 0.0863. The molecular weight excluding hydrogens is 448 g/mol. The Labute approximate surface area is 202 Å². The third kappa shape index (κ3) is 5.33. The van der Waals surface area contributed by atoms with E-state index in [2.05, 4.69) is 10.6 Å². The molecule has 0 spiro atoms. The summed E-state index contributed by atoms with van der Waals surface area (Å²) >= 11 is 0. The number of alkyl carbamates (subject to hydrolysis) is 1. The summed E-state index contributed by atoms with van der Waals surface area (Å²) in [6, 6.07) is 21.8. The predicted molar refractivity (Wildman–Crippen MR) is 129 cm³/mol. The minimum Gasteiger partial charge on any atom is -0.479 e. The third-order valence-electron chi connectivity index (χ3n) is 5.95. The first kappa shape index (κ1) is 24.0. The van der Waals surface area contributed by atoms with Crippen LogP contribution in [0.2, 0.25) is 0 Å². The summed E-state index contributed by atoms with van der Waals surface area (Å²) in [7, 11) is 1.38. The van der Waals surface area contributed by atoms with Crippen molar-refractivity contribution in [2.45, 2.75) is 18.0 Å². The van der Waals surface area contributed by atoms with Crippen molar-refractivity contribution in [2.24, 2.45) is 0 Å². The smallest absolute Gasteiger partial charge is 0.407 e. The van der Waals surface area contributed by atoms with Gasteiger partial charge in [0.1, 0.15) is 12.6 Å². The second-order valence-corrected chi connectivity index (χ2v) is 8.17. The second kappa shape index (κ2) is 10.8. The van der Waals surface area contributed by atoms with Crippen molar-refractivity contribution in [1.82, 2.24) is 10.6 Å². The highest BCUT2D eigenvalue weighted by molar-refractivity contribution is 5.90. The van der Waals surface area contributed by atoms with Gasteiger partial charge in [0, 0.05) is 13.0 Å². The fourth-order valence-electron chi connectivity index (χ4n) is 4.31. The number of carbonyl (C=O) groups excluding carboxylic acids is 2. The number of fused-ring (bicyclic) bond motifs is 3. The zero-order chi connectivity index (χ0) is 24.8. The third-order valence-corrected chi connectivity index (χ3v) is 5.95. The van der Waals surface area contributed by atoms with E-state index in [-0.39, 0.29) is 19.1 Å². The van der Waals surface area contributed by atoms with Gasteiger partial charge >= 0.3 is 12.1 Å². The van der Waals surface area contributed by atoms with Crippen molar-refractivity contribution in [3.05, 3.63) is 95.6 Å². The van der Waals surface area contributed by atoms with E-state index in [1.807, 2.05) is 48.5 Å². The van der Waals surface area contributed by atoms with Crippen molar-refractivity contribution in [1.29, 1.82) is 0 Å². The first-order chi connectivity index (χ1) is 17.0. The van der Waals surface area contributed by atoms with Crippen molar-refractivity contribution >= 4 is 18.0 Å². The van der Waals surface area contributed by atoms with Crippen LogP contribution in [-0.4, -0.2) is 49.4 Å². The average molecular weight is 475 g/mol. The van der Waals surface area contributed by atoms with Crippen LogP contribution in [-0.2, 0) is 19.1 Å². The largest absolute Gasteiger partial charge is 0.479 e. The van der Waals surface area contributed by atoms with Gasteiger partial charge in [0.25, 0.3) is 0 Å². The van der Waals surface area contributed by atoms with E-state index in [0.29, 0.717) is 5.56 Å². The number of hydrogen-bond acceptors (Lipinski definition) is 5. The summed E-state index contributed by atoms with van der Waals surface area (Å²) in [5.74, 6) is -2.05. The molecule has 2 amide bonds. The molecule has 1 aliphatic carbocycles. The summed E-state index contributed by atoms with van der Waals surface area (Å²) in [4.78, 5) is 37.2. The van der Waals surface area contributed by atoms with E-state index in [9.17, 15) is 19.5 Å². The molecule has 35 heavy (non-hydrogen) atoms. The SMILES string of the molecule is COCC(NC(=O)OCC1c2ccccc2-c2ccccc21)C(=O)N[C@@H](C(=O)O)c1ccccc1. The van der Waals surface area contributed by atoms with Crippen LogP contribution in [0, 0.1) is 0 Å². The number of ether oxygens (including phenoxy) is 2. The van der Waals surface area contributed by atoms with Crippen LogP contribution in [0.5, 0.6) is 0 Å². The lowest BCUT2D eigenvalue weighted by molar-refractivity contribution is -0.142. The van der Waals surface area contributed by atoms with Crippen LogP contribution >= 0.6 is 0 Å². The molecule has 0 fully saturated rings. The highest BCUT2D eigenvalue weighted by atomic mass is 16.5. The molecule has 1 unspecified atom stereocenters. The second-order valence-electron chi connectivity index (χ2n) is 8.17. The molecule has 180 valence electrons. The average Bonchev–Trinajstić information content (AvgIpc) is 3.19. The molecule has 3 aromatic carbocycles. The summed E-state index contributed by atoms with van der Waals surface area (Å²) in [6.45, 7) is -0.0693. The molecule has 0 bridgehead atoms. The molecule has 1 aliphatic rings. The molecule has 3 N–H and O–H groups in total. The molecule has 0 saturated heterocycles. The molecule has 0 aliphatic heterocycles. The zero-order valence-corrected chi connectivity index (χ0v) is 19.1. The first-order valence-corrected chi connectivity index (χ1v) is 11.2. The number of hydrogen-bond donors (Lipinski definition) is 3. The Kier molecular flexibility index (Phi) is 7.42. The lowest BCUT2D eigenvalue weighted by Crippen LogP contribution is -2.51. The number of methoxy groups -OCH3 is 1. The maximum Gasteiger partial charge on any atom is 0.407 e. The van der Waals surface area contributed by atoms with Crippen molar-refractivity contribution in [3.8, 4) is 11.1 Å². The lowest BCUT2D eigenvalue weighted by atomic mass is 9.98. The van der Waals surface area contributed by atoms with Gasteiger partial charge in [-0.15, -0.1) is 0 Å². The van der Waals surface area contributed by atoms with Gasteiger partial charge in [0.2, 0.25) is 5.91 Å². The van der Waals surface area contributed by atoms with E-state index in [1.54, 1.807) is 30.3 Å². The number of rotatable bonds is 9. The number of nitrogens with one attached hydrogen (secondary N) is 2. The highest BCUT2D eigenvalue weighted by Crippen LogP contribution is 2.44. The summed E-state index contributed by atoms with van der Waals surface area (Å²) < 4.78 is 10.6. The van der Waals surface area contributed by atoms with Gasteiger partial charge in [-0.25, -0.2) is 9.59 Å². The molecule has 4 rings (SSSR count). The Bertz CT molecular complexity index is 1170. The number of aliphatic carboxylic acids is 1. The van der Waals surface area contributed by atoms with E-state index in [0.717, 1.165) is 22.3 Å². The maximum absolute atomic E-state index is 12.8. The molecule has 2 atom stereocenters. The van der Waals surface area contributed by atoms with Gasteiger partial charge in [-0.1, -0.05) is 78.9 Å². The molecule has 0 heterocycles. The van der Waals surface area contributed by atoms with Crippen molar-refractivity contribution in [3.63, 3.8) is 0 Å². The van der Waals surface area contributed by atoms with Gasteiger partial charge in [0.15, 0.2) is 6.04 Å². The van der Waals surface area contributed by atoms with E-state index in [1.165, 1.54) is 7.11 Å². The number of amides is 2. The molecule has 3 aromatic rings. The quantitative estimate of drug-likeness (QED) is 0.438. The Morgan fingerprint density at radius 3 is 2.00 bits per heavy atom. The molecule has 0 radical (unpaired) electrons. The van der Waals surface area contributed by atoms with E-state index < -0.39 is 30.1 Å². The lowest BCUT2D eigenvalue weighted by Gasteiger charge is -2.21. The maximum atomic E-state index is 12.8. The first-order valence-electron chi connectivity index (χ1n) is 11.2. The molecule has 8 heteroatoms. The van der Waals surface area contributed by atoms with Gasteiger partial charge < -0.3 is 25.2 Å². The van der Waals surface area contributed by atoms with Crippen LogP contribution in [0.25, 0.3) is 11.1 Å². The topological polar surface area (TPSA) is 114 Å². The van der Waals surface area contributed by atoms with Gasteiger partial charge in [0.05, 0.1) is 6.61 Å². The van der Waals surface area contributed by atoms with Crippen LogP contribution in [0.1, 0.15) is 28.7 Å². The van der Waals surface area contributed by atoms with E-state index in [4.69, 9.17) is 9.47 Å². The highest BCUT2D eigenvalue weighted by Gasteiger charge is 2.31. The number of carbonyl (C=O) groups is 3. The van der Waals surface area contributed by atoms with Crippen LogP contribution in [0.15, 0.2) is 78.9 Å².